The lowest BCUT2D eigenvalue weighted by atomic mass is 9.96. The minimum atomic E-state index is -0.680. The summed E-state index contributed by atoms with van der Waals surface area (Å²) in [6, 6.07) is 9.32. The van der Waals surface area contributed by atoms with Crippen LogP contribution in [0.1, 0.15) is 44.9 Å². The van der Waals surface area contributed by atoms with Crippen LogP contribution in [0, 0.1) is 11.3 Å². The molecule has 6 nitrogen and oxygen atoms in total. The number of hydrogen-bond donors (Lipinski definition) is 1. The molecule has 1 aliphatic rings. The Morgan fingerprint density at radius 1 is 1.17 bits per heavy atom. The van der Waals surface area contributed by atoms with Crippen LogP contribution in [-0.4, -0.2) is 11.7 Å². The van der Waals surface area contributed by atoms with Crippen LogP contribution in [0.15, 0.2) is 39.5 Å². The summed E-state index contributed by atoms with van der Waals surface area (Å²) in [5.41, 5.74) is 0.340. The molecule has 1 aromatic carbocycles. The fraction of sp³-hybridized carbons (Fsp3) is 0.176. The van der Waals surface area contributed by atoms with E-state index < -0.39 is 11.5 Å². The SMILES string of the molecule is N#Cc1ccc(C(=O)Nc2cc3c(oc2=O)CCCC3=O)cc1. The van der Waals surface area contributed by atoms with Gasteiger partial charge in [-0.15, -0.1) is 0 Å². The first-order valence-electron chi connectivity index (χ1n) is 7.10. The van der Waals surface area contributed by atoms with Crippen LogP contribution < -0.4 is 10.9 Å². The molecular formula is C17H12N2O4. The van der Waals surface area contributed by atoms with Crippen molar-refractivity contribution in [1.29, 1.82) is 5.26 Å². The maximum absolute atomic E-state index is 12.2. The highest BCUT2D eigenvalue weighted by Crippen LogP contribution is 2.22. The van der Waals surface area contributed by atoms with E-state index >= 15 is 0 Å². The van der Waals surface area contributed by atoms with Crippen LogP contribution >= 0.6 is 0 Å². The standard InChI is InChI=1S/C17H12N2O4/c18-9-10-4-6-11(7-5-10)16(21)19-13-8-12-14(20)2-1-3-15(12)23-17(13)22/h4-8H,1-3H2,(H,19,21). The fourth-order valence-electron chi connectivity index (χ4n) is 2.45. The monoisotopic (exact) mass is 308 g/mol. The lowest BCUT2D eigenvalue weighted by molar-refractivity contribution is 0.0963. The van der Waals surface area contributed by atoms with E-state index in [1.54, 1.807) is 0 Å². The van der Waals surface area contributed by atoms with Gasteiger partial charge in [0.05, 0.1) is 17.2 Å². The molecule has 6 heteroatoms. The molecule has 23 heavy (non-hydrogen) atoms. The minimum absolute atomic E-state index is 0.0617. The molecule has 1 aromatic heterocycles. The Balaban J connectivity index is 1.89. The average Bonchev–Trinajstić information content (AvgIpc) is 2.56. The number of carbonyl (C=O) groups is 2. The number of nitrogens with one attached hydrogen (secondary N) is 1. The van der Waals surface area contributed by atoms with E-state index in [4.69, 9.17) is 9.68 Å². The van der Waals surface area contributed by atoms with E-state index in [0.717, 1.165) is 0 Å². The lowest BCUT2D eigenvalue weighted by Crippen LogP contribution is -2.21. The number of nitrogens with zero attached hydrogens (tertiary/aromatic N) is 1. The summed E-state index contributed by atoms with van der Waals surface area (Å²) >= 11 is 0. The van der Waals surface area contributed by atoms with Crippen molar-refractivity contribution in [2.75, 3.05) is 5.32 Å². The third-order valence-corrected chi connectivity index (χ3v) is 3.66. The van der Waals surface area contributed by atoms with Gasteiger partial charge in [0.25, 0.3) is 5.91 Å². The van der Waals surface area contributed by atoms with Crippen LogP contribution in [0.4, 0.5) is 5.69 Å². The number of anilines is 1. The summed E-state index contributed by atoms with van der Waals surface area (Å²) in [7, 11) is 0. The molecule has 0 fully saturated rings. The highest BCUT2D eigenvalue weighted by atomic mass is 16.4. The Hall–Kier alpha value is -3.20. The Labute approximate surface area is 131 Å². The maximum atomic E-state index is 12.2. The smallest absolute Gasteiger partial charge is 0.359 e. The number of fused-ring (bicyclic) bond motifs is 1. The third kappa shape index (κ3) is 2.90. The van der Waals surface area contributed by atoms with Crippen LogP contribution in [-0.2, 0) is 6.42 Å². The first-order chi connectivity index (χ1) is 11.1. The van der Waals surface area contributed by atoms with Crippen molar-refractivity contribution < 1.29 is 14.0 Å². The predicted octanol–water partition coefficient (Wildman–Crippen LogP) is 2.28. The van der Waals surface area contributed by atoms with Crippen molar-refractivity contribution in [1.82, 2.24) is 0 Å². The summed E-state index contributed by atoms with van der Waals surface area (Å²) in [6.07, 6.45) is 1.61. The molecule has 0 saturated heterocycles. The maximum Gasteiger partial charge on any atom is 0.359 e. The Bertz CT molecular complexity index is 888. The molecule has 0 spiro atoms. The third-order valence-electron chi connectivity index (χ3n) is 3.66. The van der Waals surface area contributed by atoms with Gasteiger partial charge in [0.2, 0.25) is 0 Å². The molecule has 114 valence electrons. The second-order valence-corrected chi connectivity index (χ2v) is 5.20. The van der Waals surface area contributed by atoms with Crippen LogP contribution in [0.25, 0.3) is 0 Å². The van der Waals surface area contributed by atoms with Gasteiger partial charge in [-0.1, -0.05) is 0 Å². The van der Waals surface area contributed by atoms with Gasteiger partial charge in [-0.05, 0) is 36.8 Å². The summed E-state index contributed by atoms with van der Waals surface area (Å²) in [5.74, 6) is -0.225. The van der Waals surface area contributed by atoms with E-state index in [9.17, 15) is 14.4 Å². The van der Waals surface area contributed by atoms with Gasteiger partial charge < -0.3 is 9.73 Å². The van der Waals surface area contributed by atoms with Crippen molar-refractivity contribution in [3.63, 3.8) is 0 Å². The molecule has 1 N–H and O–H groups in total. The average molecular weight is 308 g/mol. The molecule has 1 heterocycles. The van der Waals surface area contributed by atoms with Crippen molar-refractivity contribution in [3.8, 4) is 6.07 Å². The van der Waals surface area contributed by atoms with Crippen molar-refractivity contribution in [3.05, 3.63) is 63.2 Å². The number of nitriles is 1. The van der Waals surface area contributed by atoms with Crippen LogP contribution in [0.5, 0.6) is 0 Å². The fourth-order valence-corrected chi connectivity index (χ4v) is 2.45. The molecular weight excluding hydrogens is 296 g/mol. The van der Waals surface area contributed by atoms with Gasteiger partial charge in [0, 0.05) is 18.4 Å². The summed E-state index contributed by atoms with van der Waals surface area (Å²) in [4.78, 5) is 36.0. The van der Waals surface area contributed by atoms with E-state index in [1.807, 2.05) is 6.07 Å². The second kappa shape index (κ2) is 5.89. The van der Waals surface area contributed by atoms with Crippen LogP contribution in [0.2, 0.25) is 0 Å². The van der Waals surface area contributed by atoms with Crippen molar-refractivity contribution in [2.24, 2.45) is 0 Å². The molecule has 0 radical (unpaired) electrons. The number of aryl methyl sites for hydroxylation is 1. The second-order valence-electron chi connectivity index (χ2n) is 5.20. The first kappa shape index (κ1) is 14.7. The molecule has 3 rings (SSSR count). The van der Waals surface area contributed by atoms with Gasteiger partial charge in [-0.2, -0.15) is 5.26 Å². The minimum Gasteiger partial charge on any atom is -0.426 e. The van der Waals surface area contributed by atoms with E-state index in [0.29, 0.717) is 41.7 Å². The highest BCUT2D eigenvalue weighted by molar-refractivity contribution is 6.05. The Kier molecular flexibility index (Phi) is 3.77. The van der Waals surface area contributed by atoms with Gasteiger partial charge in [0.1, 0.15) is 11.4 Å². The number of hydrogen-bond acceptors (Lipinski definition) is 5. The summed E-state index contributed by atoms with van der Waals surface area (Å²) in [6.45, 7) is 0. The van der Waals surface area contributed by atoms with Gasteiger partial charge in [-0.3, -0.25) is 9.59 Å². The molecule has 2 aromatic rings. The molecule has 0 unspecified atom stereocenters. The molecule has 1 aliphatic carbocycles. The van der Waals surface area contributed by atoms with Gasteiger partial charge in [0.15, 0.2) is 5.78 Å². The quantitative estimate of drug-likeness (QED) is 0.917. The normalized spacial score (nSPS) is 13.1. The van der Waals surface area contributed by atoms with Crippen LogP contribution in [0.3, 0.4) is 0 Å². The molecule has 0 bridgehead atoms. The zero-order valence-corrected chi connectivity index (χ0v) is 12.1. The first-order valence-corrected chi connectivity index (χ1v) is 7.10. The van der Waals surface area contributed by atoms with Crippen molar-refractivity contribution >= 4 is 17.4 Å². The summed E-state index contributed by atoms with van der Waals surface area (Å²) < 4.78 is 5.14. The molecule has 0 aliphatic heterocycles. The van der Waals surface area contributed by atoms with Gasteiger partial charge >= 0.3 is 5.63 Å². The number of Topliss-reactive ketones (excluding diaryl/α,β-unsaturated/α-hetero) is 1. The lowest BCUT2D eigenvalue weighted by Gasteiger charge is -2.13. The topological polar surface area (TPSA) is 100 Å². The number of rotatable bonds is 2. The number of amides is 1. The Morgan fingerprint density at radius 3 is 2.61 bits per heavy atom. The highest BCUT2D eigenvalue weighted by Gasteiger charge is 2.22. The van der Waals surface area contributed by atoms with E-state index in [2.05, 4.69) is 5.32 Å². The van der Waals surface area contributed by atoms with E-state index in [1.165, 1.54) is 30.3 Å². The van der Waals surface area contributed by atoms with Gasteiger partial charge in [-0.25, -0.2) is 4.79 Å². The zero-order chi connectivity index (χ0) is 16.4. The molecule has 0 saturated carbocycles. The predicted molar refractivity (Wildman–Crippen MR) is 81.4 cm³/mol. The summed E-state index contributed by atoms with van der Waals surface area (Å²) in [5, 5.41) is 11.2. The Morgan fingerprint density at radius 2 is 1.91 bits per heavy atom. The number of benzene rings is 1. The van der Waals surface area contributed by atoms with Crippen molar-refractivity contribution in [2.45, 2.75) is 19.3 Å². The number of carbonyl (C=O) groups excluding carboxylic acids is 2. The van der Waals surface area contributed by atoms with E-state index in [-0.39, 0.29) is 11.5 Å². The number of ketones is 1. The molecule has 0 atom stereocenters. The largest absolute Gasteiger partial charge is 0.426 e. The molecule has 1 amide bonds. The zero-order valence-electron chi connectivity index (χ0n) is 12.1.